The first kappa shape index (κ1) is 19.2. The SMILES string of the molecule is N#CCCNC(=O)CCC(/N=C\B=O)C(=O)OCc1ccccc1. The predicted octanol–water partition coefficient (Wildman–Crippen LogP) is 0.986. The topological polar surface area (TPSA) is 109 Å². The molecule has 0 saturated carbocycles. The van der Waals surface area contributed by atoms with Crippen molar-refractivity contribution in [2.24, 2.45) is 4.99 Å². The summed E-state index contributed by atoms with van der Waals surface area (Å²) in [6.45, 7) is 0.358. The Hall–Kier alpha value is -2.82. The van der Waals surface area contributed by atoms with E-state index >= 15 is 0 Å². The Morgan fingerprint density at radius 1 is 1.38 bits per heavy atom. The summed E-state index contributed by atoms with van der Waals surface area (Å²) in [4.78, 5) is 27.5. The number of nitrogens with zero attached hydrogens (tertiary/aromatic N) is 2. The van der Waals surface area contributed by atoms with Gasteiger partial charge in [0.15, 0.2) is 0 Å². The molecule has 1 rings (SSSR count). The summed E-state index contributed by atoms with van der Waals surface area (Å²) in [5.41, 5.74) is 0.832. The van der Waals surface area contributed by atoms with E-state index in [1.807, 2.05) is 36.4 Å². The van der Waals surface area contributed by atoms with Crippen molar-refractivity contribution in [1.29, 1.82) is 5.26 Å². The minimum absolute atomic E-state index is 0.0483. The average Bonchev–Trinajstić information content (AvgIpc) is 2.61. The number of nitriles is 1. The molecule has 0 radical (unpaired) electrons. The van der Waals surface area contributed by atoms with Gasteiger partial charge >= 0.3 is 140 Å². The minimum atomic E-state index is -0.916. The number of hydrogen-bond donors (Lipinski definition) is 1. The van der Waals surface area contributed by atoms with Crippen molar-refractivity contribution in [1.82, 2.24) is 5.32 Å². The second-order valence-electron chi connectivity index (χ2n) is 4.84. The van der Waals surface area contributed by atoms with E-state index in [1.165, 1.54) is 0 Å². The number of esters is 1. The molecule has 0 aromatic heterocycles. The molecule has 0 aliphatic heterocycles. The molecule has 8 heteroatoms. The normalized spacial score (nSPS) is 11.3. The van der Waals surface area contributed by atoms with Gasteiger partial charge in [-0.15, -0.1) is 0 Å². The maximum absolute atomic E-state index is 12.1. The van der Waals surface area contributed by atoms with Gasteiger partial charge in [0, 0.05) is 0 Å². The van der Waals surface area contributed by atoms with Crippen molar-refractivity contribution < 1.29 is 19.0 Å². The van der Waals surface area contributed by atoms with Crippen LogP contribution in [0.15, 0.2) is 35.3 Å². The fourth-order valence-electron chi connectivity index (χ4n) is 1.83. The molecule has 1 unspecified atom stereocenters. The number of hydrogen-bond acceptors (Lipinski definition) is 6. The molecule has 0 aliphatic rings. The number of aliphatic imine (C=N–C) groups is 1. The summed E-state index contributed by atoms with van der Waals surface area (Å²) in [5.74, 6) is -0.880. The molecular weight excluding hydrogens is 309 g/mol. The van der Waals surface area contributed by atoms with E-state index in [2.05, 4.69) is 10.3 Å². The predicted molar refractivity (Wildman–Crippen MR) is 87.4 cm³/mol. The zero-order valence-electron chi connectivity index (χ0n) is 13.2. The molecule has 7 nitrogen and oxygen atoms in total. The Kier molecular flexibility index (Phi) is 9.39. The summed E-state index contributed by atoms with van der Waals surface area (Å²) in [7, 11) is 0.463. The van der Waals surface area contributed by atoms with E-state index in [4.69, 9.17) is 10.00 Å². The van der Waals surface area contributed by atoms with Crippen LogP contribution in [-0.2, 0) is 25.6 Å². The number of carbonyl (C=O) groups excluding carboxylic acids is 2. The third-order valence-corrected chi connectivity index (χ3v) is 3.03. The van der Waals surface area contributed by atoms with Crippen LogP contribution in [0, 0.1) is 11.3 Å². The first-order valence-electron chi connectivity index (χ1n) is 7.48. The summed E-state index contributed by atoms with van der Waals surface area (Å²) >= 11 is 0. The summed E-state index contributed by atoms with van der Waals surface area (Å²) < 4.78 is 15.6. The molecule has 1 aromatic carbocycles. The van der Waals surface area contributed by atoms with Crippen LogP contribution in [0.25, 0.3) is 0 Å². The Labute approximate surface area is 141 Å². The standard InChI is InChI=1S/C16H18BN3O4/c18-9-4-10-19-15(21)8-7-14(20-12-17-23)16(22)24-11-13-5-2-1-3-6-13/h1-3,5-6,12,14H,4,7-8,10-11H2,(H,19,21)/b20-12-. The average molecular weight is 327 g/mol. The summed E-state index contributed by atoms with van der Waals surface area (Å²) in [6.07, 6.45) is 1.36. The number of rotatable bonds is 10. The Balaban J connectivity index is 2.49. The van der Waals surface area contributed by atoms with E-state index in [9.17, 15) is 14.3 Å². The van der Waals surface area contributed by atoms with Gasteiger partial charge < -0.3 is 0 Å². The number of carbonyl (C=O) groups is 2. The molecule has 0 fully saturated rings. The number of nitrogens with one attached hydrogen (secondary N) is 1. The van der Waals surface area contributed by atoms with Crippen molar-refractivity contribution >= 4 is 25.1 Å². The van der Waals surface area contributed by atoms with Gasteiger partial charge in [-0.3, -0.25) is 0 Å². The van der Waals surface area contributed by atoms with E-state index in [0.29, 0.717) is 7.15 Å². The molecule has 0 spiro atoms. The van der Waals surface area contributed by atoms with Crippen molar-refractivity contribution in [3.05, 3.63) is 35.9 Å². The first-order valence-corrected chi connectivity index (χ1v) is 7.48. The van der Waals surface area contributed by atoms with Gasteiger partial charge in [0.1, 0.15) is 0 Å². The van der Waals surface area contributed by atoms with Gasteiger partial charge in [0.05, 0.1) is 0 Å². The molecule has 0 aliphatic carbocycles. The van der Waals surface area contributed by atoms with Crippen LogP contribution in [0.3, 0.4) is 0 Å². The molecule has 1 amide bonds. The van der Waals surface area contributed by atoms with Crippen molar-refractivity contribution in [2.45, 2.75) is 31.9 Å². The number of amides is 1. The van der Waals surface area contributed by atoms with Crippen LogP contribution < -0.4 is 5.32 Å². The zero-order chi connectivity index (χ0) is 17.6. The van der Waals surface area contributed by atoms with Crippen LogP contribution in [-0.4, -0.2) is 37.7 Å². The van der Waals surface area contributed by atoms with Gasteiger partial charge in [-0.2, -0.15) is 0 Å². The van der Waals surface area contributed by atoms with E-state index in [-0.39, 0.29) is 38.3 Å². The first-order chi connectivity index (χ1) is 11.7. The van der Waals surface area contributed by atoms with E-state index < -0.39 is 12.0 Å². The molecule has 1 aromatic rings. The molecule has 0 saturated heterocycles. The van der Waals surface area contributed by atoms with Gasteiger partial charge in [-0.25, -0.2) is 0 Å². The van der Waals surface area contributed by atoms with Crippen LogP contribution >= 0.6 is 0 Å². The van der Waals surface area contributed by atoms with Crippen molar-refractivity contribution in [2.75, 3.05) is 6.54 Å². The second-order valence-corrected chi connectivity index (χ2v) is 4.84. The number of ether oxygens (including phenoxy) is 1. The fourth-order valence-corrected chi connectivity index (χ4v) is 1.83. The van der Waals surface area contributed by atoms with Gasteiger partial charge in [-0.05, 0) is 0 Å². The monoisotopic (exact) mass is 327 g/mol. The van der Waals surface area contributed by atoms with Crippen molar-refractivity contribution in [3.8, 4) is 6.07 Å². The van der Waals surface area contributed by atoms with Gasteiger partial charge in [0.2, 0.25) is 0 Å². The van der Waals surface area contributed by atoms with Crippen LogP contribution in [0.1, 0.15) is 24.8 Å². The molecule has 1 atom stereocenters. The third kappa shape index (κ3) is 7.99. The van der Waals surface area contributed by atoms with Gasteiger partial charge in [-0.1, -0.05) is 0 Å². The summed E-state index contributed by atoms with van der Waals surface area (Å²) in [6, 6.07) is 10.2. The third-order valence-electron chi connectivity index (χ3n) is 3.03. The zero-order valence-corrected chi connectivity index (χ0v) is 13.2. The second kappa shape index (κ2) is 11.7. The summed E-state index contributed by atoms with van der Waals surface area (Å²) in [5, 5.41) is 11.0. The fraction of sp³-hybridized carbons (Fsp3) is 0.375. The van der Waals surface area contributed by atoms with Crippen LogP contribution in [0.5, 0.6) is 0 Å². The Morgan fingerprint density at radius 3 is 2.79 bits per heavy atom. The number of benzene rings is 1. The Bertz CT molecular complexity index is 613. The molecule has 124 valence electrons. The van der Waals surface area contributed by atoms with Gasteiger partial charge in [0.25, 0.3) is 0 Å². The molecule has 1 N–H and O–H groups in total. The van der Waals surface area contributed by atoms with E-state index in [0.717, 1.165) is 11.7 Å². The Morgan fingerprint density at radius 2 is 2.12 bits per heavy atom. The molecule has 24 heavy (non-hydrogen) atoms. The molecule has 0 bridgehead atoms. The maximum atomic E-state index is 12.1. The quantitative estimate of drug-likeness (QED) is 0.298. The molecule has 0 heterocycles. The van der Waals surface area contributed by atoms with Crippen LogP contribution in [0.4, 0.5) is 0 Å². The van der Waals surface area contributed by atoms with Crippen molar-refractivity contribution in [3.63, 3.8) is 0 Å². The molecular formula is C16H18BN3O4. The van der Waals surface area contributed by atoms with E-state index in [1.54, 1.807) is 0 Å². The van der Waals surface area contributed by atoms with Crippen LogP contribution in [0.2, 0.25) is 0 Å².